The second-order valence-corrected chi connectivity index (χ2v) is 25.6. The Balaban J connectivity index is 1.26. The van der Waals surface area contributed by atoms with Gasteiger partial charge in [0, 0.05) is 37.3 Å². The fourth-order valence-electron chi connectivity index (χ4n) is 12.9. The Labute approximate surface area is 371 Å². The number of nitrogens with zero attached hydrogens (tertiary/aromatic N) is 2. The van der Waals surface area contributed by atoms with Gasteiger partial charge in [-0.1, -0.05) is 133 Å². The highest BCUT2D eigenvalue weighted by Crippen LogP contribution is 2.62. The maximum Gasteiger partial charge on any atom is 0.264 e. The number of anilines is 5. The number of rotatable bonds is 1. The third-order valence-corrected chi connectivity index (χ3v) is 18.0. The molecule has 4 heterocycles. The third kappa shape index (κ3) is 5.33. The standard InChI is InChI=1S/C57H67BN2S/c1-32-26-43-47-44(27-32)60-48-33(2)28-35(53(6,7)8)29-41(48)57(15)25-24-54(9,10)38-20-21-42(50(60)46(38)57)58(47)51-49(59(43)36-18-16-34(17-19-36)52(3,4)5)37-30-39-40(31-45(37)61-51)56(13,14)23-22-55(39,11)12/h16-18,20-21,26-31,36H,19,22-25H2,1-15H3. The summed E-state index contributed by atoms with van der Waals surface area (Å²) in [6.07, 6.45) is 13.3. The van der Waals surface area contributed by atoms with Crippen LogP contribution in [0.25, 0.3) is 10.1 Å². The molecule has 0 amide bonds. The molecule has 0 N–H and O–H groups in total. The van der Waals surface area contributed by atoms with E-state index in [1.54, 1.807) is 22.3 Å². The predicted octanol–water partition coefficient (Wildman–Crippen LogP) is 13.9. The first-order chi connectivity index (χ1) is 28.4. The zero-order valence-corrected chi connectivity index (χ0v) is 40.7. The first-order valence-corrected chi connectivity index (χ1v) is 24.3. The second kappa shape index (κ2) is 12.2. The number of hydrogen-bond acceptors (Lipinski definition) is 3. The molecular weight excluding hydrogens is 756 g/mol. The fourth-order valence-corrected chi connectivity index (χ4v) is 14.2. The lowest BCUT2D eigenvalue weighted by Crippen LogP contribution is -2.63. The van der Waals surface area contributed by atoms with Crippen molar-refractivity contribution in [3.63, 3.8) is 0 Å². The number of thiophene rings is 1. The SMILES string of the molecule is Cc1cc2c3c(c1)N(C1C=CC(C(C)(C)C)=CC1)c1c(sc4cc5c(cc14)C(C)(C)CCC5(C)C)B3c1ccc3c4c1N2c1c(C)cc(C(C)(C)C)cc1C4(C)CCC3(C)C. The molecule has 6 aliphatic rings. The van der Waals surface area contributed by atoms with Crippen molar-refractivity contribution in [3.05, 3.63) is 117 Å². The minimum atomic E-state index is -0.0812. The Morgan fingerprint density at radius 3 is 1.98 bits per heavy atom. The Morgan fingerprint density at radius 2 is 1.33 bits per heavy atom. The van der Waals surface area contributed by atoms with Crippen molar-refractivity contribution < 1.29 is 0 Å². The minimum Gasteiger partial charge on any atom is -0.334 e. The van der Waals surface area contributed by atoms with E-state index in [0.29, 0.717) is 0 Å². The van der Waals surface area contributed by atoms with Gasteiger partial charge < -0.3 is 9.80 Å². The van der Waals surface area contributed by atoms with Crippen molar-refractivity contribution in [2.45, 2.75) is 169 Å². The number of benzene rings is 4. The van der Waals surface area contributed by atoms with E-state index in [0.717, 1.165) is 12.8 Å². The highest BCUT2D eigenvalue weighted by molar-refractivity contribution is 7.33. The summed E-state index contributed by atoms with van der Waals surface area (Å²) in [5, 5.41) is 1.45. The molecule has 2 nitrogen and oxygen atoms in total. The van der Waals surface area contributed by atoms with Gasteiger partial charge in [-0.3, -0.25) is 0 Å². The normalized spacial score (nSPS) is 23.6. The van der Waals surface area contributed by atoms with Crippen LogP contribution in [0.3, 0.4) is 0 Å². The van der Waals surface area contributed by atoms with Crippen LogP contribution in [0.1, 0.15) is 167 Å². The molecule has 3 aliphatic carbocycles. The summed E-state index contributed by atoms with van der Waals surface area (Å²) in [6.45, 7) is 36.7. The van der Waals surface area contributed by atoms with Crippen LogP contribution >= 0.6 is 11.3 Å². The highest BCUT2D eigenvalue weighted by Gasteiger charge is 2.54. The van der Waals surface area contributed by atoms with Gasteiger partial charge in [-0.15, -0.1) is 11.3 Å². The minimum absolute atomic E-state index is 0.0566. The van der Waals surface area contributed by atoms with Crippen LogP contribution in [0, 0.1) is 19.3 Å². The van der Waals surface area contributed by atoms with Crippen molar-refractivity contribution in [2.75, 3.05) is 9.80 Å². The summed E-state index contributed by atoms with van der Waals surface area (Å²) < 4.78 is 2.98. The van der Waals surface area contributed by atoms with Crippen molar-refractivity contribution >= 4 is 72.3 Å². The van der Waals surface area contributed by atoms with Crippen LogP contribution in [-0.2, 0) is 27.1 Å². The summed E-state index contributed by atoms with van der Waals surface area (Å²) >= 11 is 2.10. The number of aryl methyl sites for hydroxylation is 2. The summed E-state index contributed by atoms with van der Waals surface area (Å²) in [5.41, 5.74) is 24.0. The number of allylic oxidation sites excluding steroid dienone is 2. The van der Waals surface area contributed by atoms with Gasteiger partial charge in [0.05, 0.1) is 17.4 Å². The first-order valence-electron chi connectivity index (χ1n) is 23.5. The lowest BCUT2D eigenvalue weighted by Gasteiger charge is -2.55. The van der Waals surface area contributed by atoms with Crippen LogP contribution < -0.4 is 25.5 Å². The summed E-state index contributed by atoms with van der Waals surface area (Å²) in [6, 6.07) is 21.0. The molecule has 0 saturated heterocycles. The summed E-state index contributed by atoms with van der Waals surface area (Å²) in [4.78, 5) is 5.62. The monoisotopic (exact) mass is 823 g/mol. The molecule has 0 bridgehead atoms. The van der Waals surface area contributed by atoms with Crippen molar-refractivity contribution in [1.82, 2.24) is 0 Å². The van der Waals surface area contributed by atoms with Gasteiger partial charge in [-0.05, 0) is 158 Å². The van der Waals surface area contributed by atoms with E-state index in [1.807, 2.05) is 0 Å². The molecule has 314 valence electrons. The summed E-state index contributed by atoms with van der Waals surface area (Å²) in [7, 11) is 0. The van der Waals surface area contributed by atoms with Gasteiger partial charge in [0.2, 0.25) is 0 Å². The average Bonchev–Trinajstić information content (AvgIpc) is 3.55. The van der Waals surface area contributed by atoms with Crippen molar-refractivity contribution in [3.8, 4) is 0 Å². The third-order valence-electron chi connectivity index (χ3n) is 16.8. The maximum atomic E-state index is 2.83. The topological polar surface area (TPSA) is 6.48 Å². The molecule has 0 spiro atoms. The lowest BCUT2D eigenvalue weighted by molar-refractivity contribution is 0.332. The number of hydrogen-bond donors (Lipinski definition) is 0. The Hall–Kier alpha value is -4.02. The molecule has 4 heteroatoms. The van der Waals surface area contributed by atoms with E-state index >= 15 is 0 Å². The molecule has 11 rings (SSSR count). The maximum absolute atomic E-state index is 2.83. The molecule has 4 aromatic carbocycles. The molecule has 0 fully saturated rings. The fraction of sp³-hybridized carbons (Fsp3) is 0.474. The van der Waals surface area contributed by atoms with Crippen molar-refractivity contribution in [2.24, 2.45) is 5.41 Å². The largest absolute Gasteiger partial charge is 0.334 e. The molecule has 2 unspecified atom stereocenters. The van der Waals surface area contributed by atoms with Crippen LogP contribution in [0.5, 0.6) is 0 Å². The lowest BCUT2D eigenvalue weighted by atomic mass is 9.35. The molecule has 3 aliphatic heterocycles. The van der Waals surface area contributed by atoms with Gasteiger partial charge in [0.15, 0.2) is 0 Å². The van der Waals surface area contributed by atoms with E-state index in [9.17, 15) is 0 Å². The quantitative estimate of drug-likeness (QED) is 0.152. The Bertz CT molecular complexity index is 2840. The van der Waals surface area contributed by atoms with Crippen LogP contribution in [-0.4, -0.2) is 12.8 Å². The smallest absolute Gasteiger partial charge is 0.264 e. The molecule has 61 heavy (non-hydrogen) atoms. The van der Waals surface area contributed by atoms with Crippen molar-refractivity contribution in [1.29, 1.82) is 0 Å². The molecule has 0 saturated carbocycles. The van der Waals surface area contributed by atoms with E-state index < -0.39 is 0 Å². The molecule has 5 aromatic rings. The van der Waals surface area contributed by atoms with Gasteiger partial charge in [0.25, 0.3) is 6.71 Å². The Kier molecular flexibility index (Phi) is 7.93. The predicted molar refractivity (Wildman–Crippen MR) is 267 cm³/mol. The van der Waals surface area contributed by atoms with E-state index in [2.05, 4.69) is 192 Å². The zero-order chi connectivity index (χ0) is 43.3. The number of fused-ring (bicyclic) bond motifs is 10. The molecule has 0 radical (unpaired) electrons. The van der Waals surface area contributed by atoms with Crippen LogP contribution in [0.2, 0.25) is 0 Å². The van der Waals surface area contributed by atoms with E-state index in [1.165, 1.54) is 101 Å². The summed E-state index contributed by atoms with van der Waals surface area (Å²) in [5.74, 6) is 0. The molecule has 1 aromatic heterocycles. The van der Waals surface area contributed by atoms with Crippen LogP contribution in [0.15, 0.2) is 72.3 Å². The van der Waals surface area contributed by atoms with Gasteiger partial charge in [-0.2, -0.15) is 0 Å². The van der Waals surface area contributed by atoms with Gasteiger partial charge in [-0.25, -0.2) is 0 Å². The van der Waals surface area contributed by atoms with Gasteiger partial charge in [0.1, 0.15) is 0 Å². The zero-order valence-electron chi connectivity index (χ0n) is 39.8. The van der Waals surface area contributed by atoms with E-state index in [-0.39, 0.29) is 45.2 Å². The highest BCUT2D eigenvalue weighted by atomic mass is 32.1. The van der Waals surface area contributed by atoms with E-state index in [4.69, 9.17) is 0 Å². The Morgan fingerprint density at radius 1 is 0.672 bits per heavy atom. The van der Waals surface area contributed by atoms with Gasteiger partial charge >= 0.3 is 0 Å². The van der Waals surface area contributed by atoms with Crippen LogP contribution in [0.4, 0.5) is 28.4 Å². The molecule has 2 atom stereocenters. The second-order valence-electron chi connectivity index (χ2n) is 24.5. The average molecular weight is 823 g/mol. The first kappa shape index (κ1) is 39.8. The molecular formula is C57H67BN2S.